The Balaban J connectivity index is 0.938. The van der Waals surface area contributed by atoms with Gasteiger partial charge in [-0.3, -0.25) is 4.79 Å². The number of pyridine rings is 1. The number of benzene rings is 4. The van der Waals surface area contributed by atoms with E-state index in [1.165, 1.54) is 43.1 Å². The largest absolute Gasteiger partial charge is 0.492 e. The summed E-state index contributed by atoms with van der Waals surface area (Å²) < 4.78 is 6.03. The van der Waals surface area contributed by atoms with E-state index in [1.54, 1.807) is 61.5 Å². The minimum absolute atomic E-state index is 0.172. The highest BCUT2D eigenvalue weighted by Gasteiger charge is 2.21. The molecule has 0 aliphatic rings. The van der Waals surface area contributed by atoms with Crippen molar-refractivity contribution in [2.75, 3.05) is 48.0 Å². The molecule has 0 saturated heterocycles. The van der Waals surface area contributed by atoms with Crippen molar-refractivity contribution >= 4 is 52.4 Å². The van der Waals surface area contributed by atoms with Crippen molar-refractivity contribution in [3.8, 4) is 5.75 Å². The Morgan fingerprint density at radius 1 is 0.781 bits per heavy atom. The van der Waals surface area contributed by atoms with Crippen molar-refractivity contribution in [3.05, 3.63) is 173 Å². The van der Waals surface area contributed by atoms with Gasteiger partial charge in [-0.25, -0.2) is 14.6 Å². The summed E-state index contributed by atoms with van der Waals surface area (Å²) in [7, 11) is 1.99. The number of likely N-dealkylation sites (N-methyl/N-ethyl adjacent to an activating group) is 1. The van der Waals surface area contributed by atoms with Crippen LogP contribution in [0.25, 0.3) is 5.57 Å². The van der Waals surface area contributed by atoms with Crippen LogP contribution in [0.4, 0.5) is 17.3 Å². The highest BCUT2D eigenvalue weighted by Crippen LogP contribution is 2.25. The number of nitrogens with zero attached hydrogens (tertiary/aromatic N) is 2. The first kappa shape index (κ1) is 48.4. The maximum Gasteiger partial charge on any atom is 0.328 e. The minimum atomic E-state index is -1.01. The Morgan fingerprint density at radius 3 is 2.22 bits per heavy atom. The van der Waals surface area contributed by atoms with Gasteiger partial charge in [0.15, 0.2) is 5.78 Å². The van der Waals surface area contributed by atoms with E-state index in [2.05, 4.69) is 46.7 Å². The van der Waals surface area contributed by atoms with Crippen LogP contribution in [-0.4, -0.2) is 71.5 Å². The Hall–Kier alpha value is -6.59. The molecule has 0 fully saturated rings. The molecule has 10 nitrogen and oxygen atoms in total. The summed E-state index contributed by atoms with van der Waals surface area (Å²) in [6, 6.07) is 37.1. The third kappa shape index (κ3) is 16.6. The lowest BCUT2D eigenvalue weighted by Crippen LogP contribution is -2.32. The van der Waals surface area contributed by atoms with Crippen LogP contribution < -0.4 is 20.3 Å². The summed E-state index contributed by atoms with van der Waals surface area (Å²) in [5.41, 5.74) is 5.25. The number of hydrogen-bond donors (Lipinski definition) is 4. The van der Waals surface area contributed by atoms with Crippen molar-refractivity contribution in [3.63, 3.8) is 0 Å². The molecule has 11 heteroatoms. The molecule has 1 aromatic heterocycles. The van der Waals surface area contributed by atoms with E-state index in [0.29, 0.717) is 41.3 Å². The number of carbonyl (C=O) groups excluding carboxylic acids is 1. The van der Waals surface area contributed by atoms with Gasteiger partial charge in [-0.15, -0.1) is 11.8 Å². The zero-order chi connectivity index (χ0) is 45.5. The topological polar surface area (TPSA) is 141 Å². The molecule has 0 saturated carbocycles. The number of carboxylic acid groups (broad SMARTS) is 2. The van der Waals surface area contributed by atoms with Gasteiger partial charge in [0, 0.05) is 47.8 Å². The Kier molecular flexibility index (Phi) is 19.8. The van der Waals surface area contributed by atoms with E-state index < -0.39 is 18.0 Å². The van der Waals surface area contributed by atoms with Crippen LogP contribution in [0.2, 0.25) is 0 Å². The van der Waals surface area contributed by atoms with E-state index in [4.69, 9.17) is 14.8 Å². The molecule has 5 rings (SSSR count). The number of nitrogens with one attached hydrogen (secondary N) is 2. The van der Waals surface area contributed by atoms with E-state index in [-0.39, 0.29) is 12.2 Å². The van der Waals surface area contributed by atoms with E-state index in [0.717, 1.165) is 47.1 Å². The molecule has 334 valence electrons. The highest BCUT2D eigenvalue weighted by molar-refractivity contribution is 7.99. The SMILES string of the molecule is CC(=C/C(=O)O)/C=C/C=C(\C)c1ccc(SCCCCCCCCNc2cccc(N(C)CCOc3ccc(C[C@H](Nc4ccccc4C(=O)c4ccccc4)C(=O)O)cc3)n2)cc1. The standard InChI is InChI=1S/C53H60N4O6S/c1-39(37-51(58)59)17-15-18-40(2)42-27-31-45(32-28-42)64-36-14-7-5-4-6-13-33-54-49-23-16-24-50(56-49)57(3)34-35-63-44-29-25-41(26-30-44)38-48(53(61)62)55-47-22-12-11-21-46(47)52(60)43-19-9-8-10-20-43/h8-12,15-32,37,48,55H,4-7,13-14,33-36,38H2,1-3H3,(H,54,56)(H,58,59)(H,61,62)/b17-15+,39-37-,40-18+/t48-/m0/s1. The molecule has 0 amide bonds. The third-order valence-corrected chi connectivity index (χ3v) is 11.6. The molecular formula is C53H60N4O6S. The molecule has 4 aromatic carbocycles. The lowest BCUT2D eigenvalue weighted by molar-refractivity contribution is -0.138. The van der Waals surface area contributed by atoms with Gasteiger partial charge in [0.05, 0.1) is 6.54 Å². The van der Waals surface area contributed by atoms with Crippen LogP contribution in [0, 0.1) is 0 Å². The zero-order valence-corrected chi connectivity index (χ0v) is 37.9. The zero-order valence-electron chi connectivity index (χ0n) is 37.0. The van der Waals surface area contributed by atoms with Gasteiger partial charge in [-0.2, -0.15) is 0 Å². The number of hydrogen-bond acceptors (Lipinski definition) is 9. The van der Waals surface area contributed by atoms with Crippen molar-refractivity contribution in [2.24, 2.45) is 0 Å². The van der Waals surface area contributed by atoms with Gasteiger partial charge in [0.25, 0.3) is 0 Å². The molecule has 1 heterocycles. The molecule has 64 heavy (non-hydrogen) atoms. The fourth-order valence-corrected chi connectivity index (χ4v) is 7.80. The molecule has 0 spiro atoms. The smallest absolute Gasteiger partial charge is 0.328 e. The molecule has 0 bridgehead atoms. The lowest BCUT2D eigenvalue weighted by atomic mass is 10.00. The second-order valence-corrected chi connectivity index (χ2v) is 16.8. The van der Waals surface area contributed by atoms with Gasteiger partial charge < -0.3 is 30.5 Å². The maximum atomic E-state index is 13.2. The number of para-hydroxylation sites is 1. The Bertz CT molecular complexity index is 2350. The summed E-state index contributed by atoms with van der Waals surface area (Å²) in [5, 5.41) is 25.5. The number of allylic oxidation sites excluding steroid dienone is 5. The van der Waals surface area contributed by atoms with Crippen molar-refractivity contribution in [1.82, 2.24) is 4.98 Å². The van der Waals surface area contributed by atoms with Crippen molar-refractivity contribution in [2.45, 2.75) is 69.7 Å². The number of carbonyl (C=O) groups is 3. The number of carboxylic acids is 2. The number of ketones is 1. The quantitative estimate of drug-likeness (QED) is 0.0132. The molecule has 0 aliphatic heterocycles. The molecule has 0 radical (unpaired) electrons. The average Bonchev–Trinajstić information content (AvgIpc) is 3.30. The van der Waals surface area contributed by atoms with Crippen LogP contribution in [0.3, 0.4) is 0 Å². The molecule has 0 aliphatic carbocycles. The number of aliphatic carboxylic acids is 2. The van der Waals surface area contributed by atoms with Gasteiger partial charge >= 0.3 is 11.9 Å². The van der Waals surface area contributed by atoms with Crippen LogP contribution >= 0.6 is 11.8 Å². The Morgan fingerprint density at radius 2 is 1.48 bits per heavy atom. The minimum Gasteiger partial charge on any atom is -0.492 e. The predicted octanol–water partition coefficient (Wildman–Crippen LogP) is 11.5. The molecular weight excluding hydrogens is 821 g/mol. The predicted molar refractivity (Wildman–Crippen MR) is 262 cm³/mol. The fraction of sp³-hybridized carbons (Fsp3) is 0.283. The summed E-state index contributed by atoms with van der Waals surface area (Å²) in [6.45, 7) is 5.78. The number of thioether (sulfide) groups is 1. The summed E-state index contributed by atoms with van der Waals surface area (Å²) in [5.74, 6) is 1.39. The highest BCUT2D eigenvalue weighted by atomic mass is 32.2. The number of anilines is 3. The van der Waals surface area contributed by atoms with E-state index >= 15 is 0 Å². The first-order valence-corrected chi connectivity index (χ1v) is 22.9. The van der Waals surface area contributed by atoms with Gasteiger partial charge in [-0.1, -0.05) is 117 Å². The van der Waals surface area contributed by atoms with Crippen molar-refractivity contribution < 1.29 is 29.3 Å². The van der Waals surface area contributed by atoms with Crippen LogP contribution in [0.5, 0.6) is 5.75 Å². The van der Waals surface area contributed by atoms with Crippen LogP contribution in [0.1, 0.15) is 79.4 Å². The van der Waals surface area contributed by atoms with E-state index in [1.807, 2.05) is 79.5 Å². The number of aromatic nitrogens is 1. The number of rotatable bonds is 27. The number of unbranched alkanes of at least 4 members (excludes halogenated alkanes) is 5. The maximum absolute atomic E-state index is 13.2. The van der Waals surface area contributed by atoms with E-state index in [9.17, 15) is 19.5 Å². The Labute approximate surface area is 382 Å². The summed E-state index contributed by atoms with van der Waals surface area (Å²) in [6.07, 6.45) is 14.3. The van der Waals surface area contributed by atoms with Crippen LogP contribution in [-0.2, 0) is 16.0 Å². The van der Waals surface area contributed by atoms with Crippen molar-refractivity contribution in [1.29, 1.82) is 0 Å². The summed E-state index contributed by atoms with van der Waals surface area (Å²) in [4.78, 5) is 44.4. The monoisotopic (exact) mass is 880 g/mol. The average molecular weight is 881 g/mol. The first-order chi connectivity index (χ1) is 31.0. The number of ether oxygens (including phenoxy) is 1. The van der Waals surface area contributed by atoms with Crippen LogP contribution in [0.15, 0.2) is 156 Å². The first-order valence-electron chi connectivity index (χ1n) is 21.9. The molecule has 4 N–H and O–H groups in total. The lowest BCUT2D eigenvalue weighted by Gasteiger charge is -2.20. The molecule has 1 atom stereocenters. The fourth-order valence-electron chi connectivity index (χ4n) is 6.88. The second kappa shape index (κ2) is 26.1. The van der Waals surface area contributed by atoms with Gasteiger partial charge in [0.1, 0.15) is 30.0 Å². The molecule has 0 unspecified atom stereocenters. The third-order valence-electron chi connectivity index (χ3n) is 10.5. The summed E-state index contributed by atoms with van der Waals surface area (Å²) >= 11 is 1.90. The van der Waals surface area contributed by atoms with Gasteiger partial charge in [0.2, 0.25) is 0 Å². The van der Waals surface area contributed by atoms with Gasteiger partial charge in [-0.05, 0) is 103 Å². The normalized spacial score (nSPS) is 12.2. The second-order valence-electron chi connectivity index (χ2n) is 15.6. The molecule has 5 aromatic rings.